The fraction of sp³-hybridized carbons (Fsp3) is 0.797. The van der Waals surface area contributed by atoms with Crippen LogP contribution in [-0.2, 0) is 19.1 Å². The van der Waals surface area contributed by atoms with E-state index in [1.54, 1.807) is 0 Å². The number of allylic oxidation sites excluding steroid dienone is 10. The average Bonchev–Trinajstić information content (AvgIpc) is 3.30. The Balaban J connectivity index is 3.45. The summed E-state index contributed by atoms with van der Waals surface area (Å²) >= 11 is 0. The molecule has 5 heteroatoms. The fourth-order valence-corrected chi connectivity index (χ4v) is 8.06. The van der Waals surface area contributed by atoms with E-state index >= 15 is 0 Å². The molecule has 0 fully saturated rings. The zero-order valence-electron chi connectivity index (χ0n) is 42.5. The lowest BCUT2D eigenvalue weighted by Gasteiger charge is -2.15. The van der Waals surface area contributed by atoms with Crippen molar-refractivity contribution in [2.75, 3.05) is 13.2 Å². The second-order valence-electron chi connectivity index (χ2n) is 18.7. The van der Waals surface area contributed by atoms with Crippen LogP contribution in [0.2, 0.25) is 0 Å². The summed E-state index contributed by atoms with van der Waals surface area (Å²) in [7, 11) is 0. The lowest BCUT2D eigenvalue weighted by Crippen LogP contribution is -2.28. The van der Waals surface area contributed by atoms with Gasteiger partial charge in [0.15, 0.2) is 6.10 Å². The van der Waals surface area contributed by atoms with Crippen LogP contribution >= 0.6 is 0 Å². The summed E-state index contributed by atoms with van der Waals surface area (Å²) in [4.78, 5) is 24.5. The molecule has 0 amide bonds. The highest BCUT2D eigenvalue weighted by atomic mass is 16.6. The molecule has 0 aromatic rings. The monoisotopic (exact) mass is 895 g/mol. The molecule has 372 valence electrons. The Morgan fingerprint density at radius 1 is 0.359 bits per heavy atom. The molecule has 0 saturated carbocycles. The first-order valence-corrected chi connectivity index (χ1v) is 27.8. The van der Waals surface area contributed by atoms with Crippen molar-refractivity contribution in [1.82, 2.24) is 0 Å². The molecule has 64 heavy (non-hydrogen) atoms. The highest BCUT2D eigenvalue weighted by Gasteiger charge is 2.16. The van der Waals surface area contributed by atoms with E-state index in [1.807, 2.05) is 0 Å². The van der Waals surface area contributed by atoms with E-state index in [9.17, 15) is 14.7 Å². The van der Waals surface area contributed by atoms with Crippen molar-refractivity contribution in [3.63, 3.8) is 0 Å². The average molecular weight is 895 g/mol. The summed E-state index contributed by atoms with van der Waals surface area (Å²) in [6.07, 6.45) is 73.4. The number of ether oxygens (including phenoxy) is 2. The fourth-order valence-electron chi connectivity index (χ4n) is 8.06. The van der Waals surface area contributed by atoms with E-state index in [-0.39, 0.29) is 25.2 Å². The number of aliphatic hydroxyl groups is 1. The minimum absolute atomic E-state index is 0.0688. The number of carbonyl (C=O) groups is 2. The molecule has 0 bridgehead atoms. The van der Waals surface area contributed by atoms with E-state index in [0.717, 1.165) is 64.2 Å². The van der Waals surface area contributed by atoms with Gasteiger partial charge in [0.2, 0.25) is 0 Å². The Morgan fingerprint density at radius 2 is 0.625 bits per heavy atom. The number of hydrogen-bond acceptors (Lipinski definition) is 5. The van der Waals surface area contributed by atoms with Crippen LogP contribution in [0.25, 0.3) is 0 Å². The number of hydrogen-bond donors (Lipinski definition) is 1. The number of aliphatic hydroxyl groups excluding tert-OH is 1. The van der Waals surface area contributed by atoms with Crippen LogP contribution in [0.15, 0.2) is 60.8 Å². The number of carbonyl (C=O) groups excluding carboxylic acids is 2. The van der Waals surface area contributed by atoms with Gasteiger partial charge < -0.3 is 14.6 Å². The summed E-state index contributed by atoms with van der Waals surface area (Å²) in [6.45, 7) is 4.12. The summed E-state index contributed by atoms with van der Waals surface area (Å²) in [5.41, 5.74) is 0. The number of esters is 2. The molecule has 0 aliphatic heterocycles. The summed E-state index contributed by atoms with van der Waals surface area (Å²) in [5, 5.41) is 9.63. The Labute approximate surface area is 398 Å². The van der Waals surface area contributed by atoms with Gasteiger partial charge >= 0.3 is 11.9 Å². The van der Waals surface area contributed by atoms with Gasteiger partial charge in [-0.25, -0.2) is 0 Å². The van der Waals surface area contributed by atoms with Crippen molar-refractivity contribution in [3.05, 3.63) is 60.8 Å². The normalized spacial score (nSPS) is 12.6. The van der Waals surface area contributed by atoms with Crippen LogP contribution in [0.3, 0.4) is 0 Å². The molecule has 0 heterocycles. The molecule has 0 aliphatic rings. The van der Waals surface area contributed by atoms with Gasteiger partial charge in [-0.1, -0.05) is 248 Å². The van der Waals surface area contributed by atoms with E-state index < -0.39 is 6.10 Å². The molecule has 1 N–H and O–H groups in total. The number of rotatable bonds is 51. The van der Waals surface area contributed by atoms with E-state index in [4.69, 9.17) is 9.47 Å². The highest BCUT2D eigenvalue weighted by Crippen LogP contribution is 2.16. The lowest BCUT2D eigenvalue weighted by atomic mass is 10.0. The van der Waals surface area contributed by atoms with Gasteiger partial charge in [0, 0.05) is 12.8 Å². The van der Waals surface area contributed by atoms with Crippen LogP contribution in [0, 0.1) is 0 Å². The van der Waals surface area contributed by atoms with Gasteiger partial charge in [0.1, 0.15) is 6.61 Å². The molecule has 0 radical (unpaired) electrons. The molecule has 0 spiro atoms. The first kappa shape index (κ1) is 61.6. The van der Waals surface area contributed by atoms with Crippen LogP contribution in [0.4, 0.5) is 0 Å². The van der Waals surface area contributed by atoms with Crippen LogP contribution in [-0.4, -0.2) is 36.4 Å². The zero-order chi connectivity index (χ0) is 46.3. The van der Waals surface area contributed by atoms with Crippen molar-refractivity contribution < 1.29 is 24.2 Å². The molecule has 0 aromatic heterocycles. The minimum atomic E-state index is -0.776. The van der Waals surface area contributed by atoms with Gasteiger partial charge in [0.05, 0.1) is 6.61 Å². The minimum Gasteiger partial charge on any atom is -0.462 e. The highest BCUT2D eigenvalue weighted by molar-refractivity contribution is 5.70. The number of unbranched alkanes of at least 4 members (excludes halogenated alkanes) is 33. The Kier molecular flexibility index (Phi) is 52.9. The smallest absolute Gasteiger partial charge is 0.306 e. The van der Waals surface area contributed by atoms with Gasteiger partial charge in [-0.3, -0.25) is 9.59 Å². The van der Waals surface area contributed by atoms with Crippen molar-refractivity contribution in [2.45, 2.75) is 290 Å². The third-order valence-electron chi connectivity index (χ3n) is 12.3. The molecule has 0 saturated heterocycles. The van der Waals surface area contributed by atoms with E-state index in [1.165, 1.54) is 193 Å². The Morgan fingerprint density at radius 3 is 0.969 bits per heavy atom. The summed E-state index contributed by atoms with van der Waals surface area (Å²) in [6, 6.07) is 0. The topological polar surface area (TPSA) is 72.8 Å². The van der Waals surface area contributed by atoms with Crippen molar-refractivity contribution in [1.29, 1.82) is 0 Å². The summed E-state index contributed by atoms with van der Waals surface area (Å²) in [5.74, 6) is -0.591. The van der Waals surface area contributed by atoms with E-state index in [0.29, 0.717) is 12.8 Å². The molecule has 0 aliphatic carbocycles. The second kappa shape index (κ2) is 54.9. The third kappa shape index (κ3) is 52.2. The Hall–Kier alpha value is -2.40. The molecule has 0 aromatic carbocycles. The van der Waals surface area contributed by atoms with Crippen molar-refractivity contribution in [2.24, 2.45) is 0 Å². The third-order valence-corrected chi connectivity index (χ3v) is 12.3. The van der Waals surface area contributed by atoms with Gasteiger partial charge in [-0.2, -0.15) is 0 Å². The maximum Gasteiger partial charge on any atom is 0.306 e. The van der Waals surface area contributed by atoms with Gasteiger partial charge in [-0.05, 0) is 83.5 Å². The van der Waals surface area contributed by atoms with Crippen molar-refractivity contribution >= 4 is 11.9 Å². The summed E-state index contributed by atoms with van der Waals surface area (Å²) < 4.78 is 10.7. The predicted octanol–water partition coefficient (Wildman–Crippen LogP) is 18.6. The molecular formula is C59H106O5. The van der Waals surface area contributed by atoms with Crippen LogP contribution < -0.4 is 0 Å². The Bertz CT molecular complexity index is 1100. The van der Waals surface area contributed by atoms with Crippen LogP contribution in [0.5, 0.6) is 0 Å². The molecule has 0 rings (SSSR count). The van der Waals surface area contributed by atoms with Gasteiger partial charge in [0.25, 0.3) is 0 Å². The standard InChI is InChI=1S/C59H106O5/c1-3-5-7-9-11-13-15-17-19-21-22-23-24-25-26-27-28-29-30-31-32-33-34-35-36-38-40-42-44-46-48-50-52-54-59(62)64-57(55-60)56-63-58(61)53-51-49-47-45-43-41-39-37-20-18-16-14-12-10-8-6-4-2/h12,14-15,17-18,20-22,24-25,57,60H,3-11,13,16,19,23,26-56H2,1-2H3/b14-12-,17-15-,20-18-,22-21-,25-24-. The molecule has 1 atom stereocenters. The quantitative estimate of drug-likeness (QED) is 0.0374. The molecule has 5 nitrogen and oxygen atoms in total. The first-order chi connectivity index (χ1) is 31.6. The molecule has 1 unspecified atom stereocenters. The zero-order valence-corrected chi connectivity index (χ0v) is 42.5. The maximum absolute atomic E-state index is 12.3. The second-order valence-corrected chi connectivity index (χ2v) is 18.7. The first-order valence-electron chi connectivity index (χ1n) is 27.8. The lowest BCUT2D eigenvalue weighted by molar-refractivity contribution is -0.161. The molecular weight excluding hydrogens is 789 g/mol. The maximum atomic E-state index is 12.3. The van der Waals surface area contributed by atoms with Gasteiger partial charge in [-0.15, -0.1) is 0 Å². The van der Waals surface area contributed by atoms with Crippen LogP contribution in [0.1, 0.15) is 284 Å². The predicted molar refractivity (Wildman–Crippen MR) is 279 cm³/mol. The largest absolute Gasteiger partial charge is 0.462 e. The van der Waals surface area contributed by atoms with Crippen molar-refractivity contribution in [3.8, 4) is 0 Å². The van der Waals surface area contributed by atoms with E-state index in [2.05, 4.69) is 74.6 Å². The SMILES string of the molecule is CCCCC/C=C\C/C=C\CCCCCCCCCC(=O)OCC(CO)OC(=O)CCCCCCCCCCCCCCCCCCCC/C=C\C/C=C\C/C=C\CCCCCCC.